The summed E-state index contributed by atoms with van der Waals surface area (Å²) in [7, 11) is -7.03. The second-order valence-electron chi connectivity index (χ2n) is 2.26. The molecule has 2 unspecified atom stereocenters. The summed E-state index contributed by atoms with van der Waals surface area (Å²) in [6.45, 7) is 2.08. The fourth-order valence-electron chi connectivity index (χ4n) is 0.602. The monoisotopic (exact) mass is 245 g/mol. The number of aryl methyl sites for hydroxylation is 1. The van der Waals surface area contributed by atoms with Gasteiger partial charge >= 0.3 is 10.1 Å². The SMILES string of the molecule is Cc1ccccc1.O=[PH]([O-])O[PH](=O)[O-].[Be+2]. The first kappa shape index (κ1) is 17.1. The van der Waals surface area contributed by atoms with Crippen molar-refractivity contribution in [2.45, 2.75) is 6.92 Å². The van der Waals surface area contributed by atoms with Gasteiger partial charge in [0.15, 0.2) is 0 Å². The summed E-state index contributed by atoms with van der Waals surface area (Å²) < 4.78 is 21.8. The number of hydrogen-bond acceptors (Lipinski definition) is 5. The fourth-order valence-corrected chi connectivity index (χ4v) is 1.15. The Balaban J connectivity index is 0. The third-order valence-electron chi connectivity index (χ3n) is 1.11. The molecular weight excluding hydrogens is 235 g/mol. The topological polar surface area (TPSA) is 89.5 Å². The molecule has 0 bridgehead atoms. The maximum Gasteiger partial charge on any atom is 2.00 e. The zero-order valence-electron chi connectivity index (χ0n) is 8.14. The van der Waals surface area contributed by atoms with Crippen LogP contribution < -0.4 is 9.79 Å². The van der Waals surface area contributed by atoms with Crippen molar-refractivity contribution in [2.24, 2.45) is 0 Å². The van der Waals surface area contributed by atoms with Crippen LogP contribution in [0.15, 0.2) is 30.3 Å². The van der Waals surface area contributed by atoms with E-state index in [2.05, 4.69) is 23.4 Å². The summed E-state index contributed by atoms with van der Waals surface area (Å²) in [6, 6.07) is 10.3. The van der Waals surface area contributed by atoms with Gasteiger partial charge in [-0.05, 0) is 6.92 Å². The summed E-state index contributed by atoms with van der Waals surface area (Å²) in [4.78, 5) is 18.6. The zero-order chi connectivity index (χ0) is 11.0. The van der Waals surface area contributed by atoms with Crippen molar-refractivity contribution in [2.75, 3.05) is 0 Å². The minimum absolute atomic E-state index is 0. The Labute approximate surface area is 93.2 Å². The van der Waals surface area contributed by atoms with Crippen molar-refractivity contribution in [3.63, 3.8) is 0 Å². The normalized spacial score (nSPS) is 12.7. The molecule has 0 aliphatic carbocycles. The van der Waals surface area contributed by atoms with Gasteiger partial charge in [-0.1, -0.05) is 35.9 Å². The molecule has 0 N–H and O–H groups in total. The Morgan fingerprint density at radius 3 is 1.60 bits per heavy atom. The van der Waals surface area contributed by atoms with E-state index in [0.29, 0.717) is 0 Å². The van der Waals surface area contributed by atoms with E-state index in [1.807, 2.05) is 18.2 Å². The van der Waals surface area contributed by atoms with Gasteiger partial charge in [0.2, 0.25) is 0 Å². The molecule has 0 fully saturated rings. The van der Waals surface area contributed by atoms with Crippen LogP contribution in [0.2, 0.25) is 0 Å². The zero-order valence-corrected chi connectivity index (χ0v) is 10.1. The predicted molar refractivity (Wildman–Crippen MR) is 56.0 cm³/mol. The third-order valence-corrected chi connectivity index (χ3v) is 2.44. The van der Waals surface area contributed by atoms with Crippen molar-refractivity contribution < 1.29 is 23.2 Å². The van der Waals surface area contributed by atoms with Crippen molar-refractivity contribution >= 4 is 26.6 Å². The van der Waals surface area contributed by atoms with Crippen LogP contribution in [-0.4, -0.2) is 10.1 Å². The molecule has 0 saturated heterocycles. The number of hydrogen-bond donors (Lipinski definition) is 0. The van der Waals surface area contributed by atoms with E-state index < -0.39 is 16.5 Å². The number of benzene rings is 1. The van der Waals surface area contributed by atoms with Crippen LogP contribution in [-0.2, 0) is 13.4 Å². The van der Waals surface area contributed by atoms with Crippen LogP contribution in [0.4, 0.5) is 0 Å². The minimum atomic E-state index is -3.51. The molecule has 80 valence electrons. The molecule has 2 atom stereocenters. The van der Waals surface area contributed by atoms with Crippen molar-refractivity contribution in [3.05, 3.63) is 35.9 Å². The third kappa shape index (κ3) is 13.7. The summed E-state index contributed by atoms with van der Waals surface area (Å²) in [5.41, 5.74) is 1.32. The first-order chi connectivity index (χ1) is 6.52. The van der Waals surface area contributed by atoms with Gasteiger partial charge in [-0.15, -0.1) is 0 Å². The van der Waals surface area contributed by atoms with E-state index in [0.717, 1.165) is 0 Å². The molecule has 1 rings (SSSR count). The van der Waals surface area contributed by atoms with Crippen molar-refractivity contribution in [1.82, 2.24) is 0 Å². The van der Waals surface area contributed by atoms with E-state index >= 15 is 0 Å². The molecule has 0 saturated carbocycles. The Hall–Kier alpha value is -0.271. The maximum atomic E-state index is 9.29. The van der Waals surface area contributed by atoms with Gasteiger partial charge in [0.25, 0.3) is 0 Å². The van der Waals surface area contributed by atoms with Gasteiger partial charge in [-0.2, -0.15) is 0 Å². The van der Waals surface area contributed by atoms with E-state index in [1.165, 1.54) is 5.56 Å². The number of rotatable bonds is 2. The van der Waals surface area contributed by atoms with Crippen LogP contribution >= 0.6 is 16.5 Å². The smallest absolute Gasteiger partial charge is 0.781 e. The average molecular weight is 245 g/mol. The van der Waals surface area contributed by atoms with Crippen molar-refractivity contribution in [1.29, 1.82) is 0 Å². The van der Waals surface area contributed by atoms with Crippen molar-refractivity contribution in [3.8, 4) is 0 Å². The molecule has 0 amide bonds. The molecule has 1 aromatic rings. The van der Waals surface area contributed by atoms with Gasteiger partial charge in [0.1, 0.15) is 16.5 Å². The van der Waals surface area contributed by atoms with E-state index in [1.54, 1.807) is 0 Å². The Morgan fingerprint density at radius 2 is 1.47 bits per heavy atom. The van der Waals surface area contributed by atoms with Gasteiger partial charge in [-0.25, -0.2) is 0 Å². The minimum Gasteiger partial charge on any atom is -0.781 e. The van der Waals surface area contributed by atoms with Crippen LogP contribution in [0, 0.1) is 6.92 Å². The quantitative estimate of drug-likeness (QED) is 0.545. The van der Waals surface area contributed by atoms with Gasteiger partial charge in [0.05, 0.1) is 0 Å². The average Bonchev–Trinajstić information content (AvgIpc) is 2.03. The Kier molecular flexibility index (Phi) is 11.7. The first-order valence-corrected chi connectivity index (χ1v) is 6.08. The molecule has 8 heteroatoms. The standard InChI is InChI=1S/C7H8.Be.H4O5P2/c1-7-5-3-2-4-6-7;;1-6(2)5-7(3)4/h2-6H,1H3;;6-7H,(H,1,2)(H,3,4)/q;+2;/p-2. The molecule has 15 heavy (non-hydrogen) atoms. The Bertz CT molecular complexity index is 294. The molecular formula is C7H10BeO5P2. The van der Waals surface area contributed by atoms with Gasteiger partial charge < -0.3 is 18.9 Å². The molecule has 0 radical (unpaired) electrons. The van der Waals surface area contributed by atoms with Crippen LogP contribution in [0.3, 0.4) is 0 Å². The molecule has 0 spiro atoms. The maximum absolute atomic E-state index is 9.29. The van der Waals surface area contributed by atoms with E-state index in [-0.39, 0.29) is 10.1 Å². The van der Waals surface area contributed by atoms with Gasteiger partial charge in [0, 0.05) is 0 Å². The molecule has 0 aliphatic rings. The molecule has 0 aliphatic heterocycles. The predicted octanol–water partition coefficient (Wildman–Crippen LogP) is 0.117. The van der Waals surface area contributed by atoms with Crippen LogP contribution in [0.25, 0.3) is 0 Å². The van der Waals surface area contributed by atoms with Gasteiger partial charge in [-0.3, -0.25) is 4.31 Å². The van der Waals surface area contributed by atoms with Crippen LogP contribution in [0.5, 0.6) is 0 Å². The molecule has 1 aromatic carbocycles. The summed E-state index contributed by atoms with van der Waals surface area (Å²) in [5, 5.41) is 0. The largest absolute Gasteiger partial charge is 2.00 e. The molecule has 5 nitrogen and oxygen atoms in total. The molecule has 0 aromatic heterocycles. The molecule has 0 heterocycles. The summed E-state index contributed by atoms with van der Waals surface area (Å²) in [5.74, 6) is 0. The summed E-state index contributed by atoms with van der Waals surface area (Å²) in [6.07, 6.45) is 0. The first-order valence-electron chi connectivity index (χ1n) is 3.64. The summed E-state index contributed by atoms with van der Waals surface area (Å²) >= 11 is 0. The Morgan fingerprint density at radius 1 is 1.07 bits per heavy atom. The second kappa shape index (κ2) is 10.3. The van der Waals surface area contributed by atoms with E-state index in [4.69, 9.17) is 0 Å². The van der Waals surface area contributed by atoms with E-state index in [9.17, 15) is 18.9 Å². The fraction of sp³-hybridized carbons (Fsp3) is 0.143. The second-order valence-corrected chi connectivity index (χ2v) is 4.07. The van der Waals surface area contributed by atoms with Crippen LogP contribution in [0.1, 0.15) is 5.56 Å².